The summed E-state index contributed by atoms with van der Waals surface area (Å²) in [7, 11) is -3.89. The average Bonchev–Trinajstić information content (AvgIpc) is 2.77. The number of esters is 1. The highest BCUT2D eigenvalue weighted by Gasteiger charge is 2.27. The Hall–Kier alpha value is -3.00. The van der Waals surface area contributed by atoms with E-state index in [1.165, 1.54) is 12.1 Å². The molecule has 3 aromatic rings. The first-order valence-corrected chi connectivity index (χ1v) is 10.8. The van der Waals surface area contributed by atoms with Crippen LogP contribution < -0.4 is 4.72 Å². The van der Waals surface area contributed by atoms with Gasteiger partial charge in [-0.25, -0.2) is 8.42 Å². The third kappa shape index (κ3) is 5.54. The van der Waals surface area contributed by atoms with Gasteiger partial charge in [0.05, 0.1) is 4.90 Å². The van der Waals surface area contributed by atoms with E-state index in [9.17, 15) is 18.0 Å². The predicted molar refractivity (Wildman–Crippen MR) is 113 cm³/mol. The highest BCUT2D eigenvalue weighted by atomic mass is 35.5. The van der Waals surface area contributed by atoms with E-state index in [1.54, 1.807) is 72.8 Å². The second-order valence-corrected chi connectivity index (χ2v) is 8.49. The van der Waals surface area contributed by atoms with E-state index in [0.717, 1.165) is 0 Å². The van der Waals surface area contributed by atoms with Crippen LogP contribution in [-0.2, 0) is 19.6 Å². The van der Waals surface area contributed by atoms with Crippen LogP contribution in [0.2, 0.25) is 5.02 Å². The average molecular weight is 444 g/mol. The molecule has 0 saturated heterocycles. The molecule has 0 aliphatic heterocycles. The van der Waals surface area contributed by atoms with Gasteiger partial charge in [0.2, 0.25) is 15.8 Å². The molecule has 154 valence electrons. The summed E-state index contributed by atoms with van der Waals surface area (Å²) < 4.78 is 32.1. The summed E-state index contributed by atoms with van der Waals surface area (Å²) in [5.41, 5.74) is 0.780. The highest BCUT2D eigenvalue weighted by molar-refractivity contribution is 7.89. The Morgan fingerprint density at radius 3 is 2.03 bits per heavy atom. The molecule has 0 saturated carbocycles. The van der Waals surface area contributed by atoms with E-state index in [1.807, 2.05) is 0 Å². The van der Waals surface area contributed by atoms with Crippen LogP contribution in [0.5, 0.6) is 0 Å². The Bertz CT molecular complexity index is 1120. The third-order valence-electron chi connectivity index (χ3n) is 4.18. The smallest absolute Gasteiger partial charge is 0.322 e. The number of nitrogens with one attached hydrogen (secondary N) is 1. The summed E-state index contributed by atoms with van der Waals surface area (Å²) in [5, 5.41) is 0.464. The summed E-state index contributed by atoms with van der Waals surface area (Å²) in [6, 6.07) is 22.3. The van der Waals surface area contributed by atoms with E-state index < -0.39 is 34.4 Å². The summed E-state index contributed by atoms with van der Waals surface area (Å²) in [6.07, 6.45) is -1.24. The first-order valence-electron chi connectivity index (χ1n) is 8.96. The Kier molecular flexibility index (Phi) is 6.99. The van der Waals surface area contributed by atoms with Crippen LogP contribution in [0, 0.1) is 0 Å². The molecule has 0 bridgehead atoms. The maximum absolute atomic E-state index is 12.9. The molecule has 1 N–H and O–H groups in total. The van der Waals surface area contributed by atoms with Gasteiger partial charge in [0, 0.05) is 16.1 Å². The van der Waals surface area contributed by atoms with Gasteiger partial charge in [-0.3, -0.25) is 9.59 Å². The van der Waals surface area contributed by atoms with Crippen molar-refractivity contribution in [1.29, 1.82) is 0 Å². The fourth-order valence-electron chi connectivity index (χ4n) is 2.67. The summed E-state index contributed by atoms with van der Waals surface area (Å²) >= 11 is 5.91. The van der Waals surface area contributed by atoms with Crippen molar-refractivity contribution >= 4 is 33.4 Å². The van der Waals surface area contributed by atoms with Crippen LogP contribution in [0.1, 0.15) is 22.0 Å². The first kappa shape index (κ1) is 21.7. The number of halogens is 1. The zero-order valence-electron chi connectivity index (χ0n) is 15.7. The van der Waals surface area contributed by atoms with Gasteiger partial charge in [0.15, 0.2) is 6.10 Å². The molecular weight excluding hydrogens is 426 g/mol. The van der Waals surface area contributed by atoms with E-state index in [4.69, 9.17) is 16.3 Å². The number of carbonyl (C=O) groups excluding carboxylic acids is 2. The lowest BCUT2D eigenvalue weighted by Crippen LogP contribution is -2.32. The number of ether oxygens (including phenoxy) is 1. The van der Waals surface area contributed by atoms with Crippen molar-refractivity contribution in [3.63, 3.8) is 0 Å². The summed E-state index contributed by atoms with van der Waals surface area (Å²) in [5.74, 6) is -1.32. The van der Waals surface area contributed by atoms with Crippen LogP contribution in [0.3, 0.4) is 0 Å². The highest BCUT2D eigenvalue weighted by Crippen LogP contribution is 2.24. The number of hydrogen-bond donors (Lipinski definition) is 1. The lowest BCUT2D eigenvalue weighted by molar-refractivity contribution is -0.145. The maximum Gasteiger partial charge on any atom is 0.322 e. The van der Waals surface area contributed by atoms with E-state index >= 15 is 0 Å². The molecule has 3 aromatic carbocycles. The maximum atomic E-state index is 12.9. The molecule has 0 aromatic heterocycles. The third-order valence-corrected chi connectivity index (χ3v) is 5.85. The fourth-order valence-corrected chi connectivity index (χ4v) is 3.79. The minimum atomic E-state index is -3.89. The molecule has 0 aliphatic carbocycles. The van der Waals surface area contributed by atoms with Gasteiger partial charge in [-0.05, 0) is 24.3 Å². The molecule has 0 heterocycles. The van der Waals surface area contributed by atoms with Crippen LogP contribution in [0.4, 0.5) is 0 Å². The monoisotopic (exact) mass is 443 g/mol. The van der Waals surface area contributed by atoms with Gasteiger partial charge < -0.3 is 4.74 Å². The molecule has 0 fully saturated rings. The lowest BCUT2D eigenvalue weighted by atomic mass is 10.00. The quantitative estimate of drug-likeness (QED) is 0.422. The molecule has 1 atom stereocenters. The molecule has 0 spiro atoms. The Labute approximate surface area is 179 Å². The number of ketones is 1. The molecule has 3 rings (SSSR count). The summed E-state index contributed by atoms with van der Waals surface area (Å²) in [6.45, 7) is -0.622. The lowest BCUT2D eigenvalue weighted by Gasteiger charge is -2.18. The van der Waals surface area contributed by atoms with Crippen molar-refractivity contribution in [2.24, 2.45) is 0 Å². The van der Waals surface area contributed by atoms with Crippen LogP contribution in [0.15, 0.2) is 89.8 Å². The van der Waals surface area contributed by atoms with Gasteiger partial charge in [0.25, 0.3) is 0 Å². The number of hydrogen-bond acceptors (Lipinski definition) is 5. The zero-order chi connectivity index (χ0) is 21.6. The normalized spacial score (nSPS) is 12.2. The van der Waals surface area contributed by atoms with Gasteiger partial charge in [-0.1, -0.05) is 72.3 Å². The summed E-state index contributed by atoms with van der Waals surface area (Å²) in [4.78, 5) is 25.3. The van der Waals surface area contributed by atoms with Crippen LogP contribution >= 0.6 is 11.6 Å². The minimum absolute atomic E-state index is 0.0208. The Balaban J connectivity index is 1.76. The van der Waals surface area contributed by atoms with Gasteiger partial charge in [0.1, 0.15) is 6.54 Å². The van der Waals surface area contributed by atoms with Crippen molar-refractivity contribution in [1.82, 2.24) is 4.72 Å². The molecular formula is C22H18ClNO5S. The second kappa shape index (κ2) is 9.67. The van der Waals surface area contributed by atoms with Crippen molar-refractivity contribution in [2.45, 2.75) is 11.0 Å². The predicted octanol–water partition coefficient (Wildman–Crippen LogP) is 3.79. The number of benzene rings is 3. The fraction of sp³-hybridized carbons (Fsp3) is 0.0909. The van der Waals surface area contributed by atoms with Crippen molar-refractivity contribution in [3.05, 3.63) is 101 Å². The largest absolute Gasteiger partial charge is 0.448 e. The Morgan fingerprint density at radius 2 is 1.43 bits per heavy atom. The molecule has 30 heavy (non-hydrogen) atoms. The van der Waals surface area contributed by atoms with Gasteiger partial charge in [-0.2, -0.15) is 4.72 Å². The van der Waals surface area contributed by atoms with Crippen molar-refractivity contribution < 1.29 is 22.7 Å². The van der Waals surface area contributed by atoms with E-state index in [2.05, 4.69) is 4.72 Å². The zero-order valence-corrected chi connectivity index (χ0v) is 17.3. The van der Waals surface area contributed by atoms with Crippen molar-refractivity contribution in [2.75, 3.05) is 6.54 Å². The number of Topliss-reactive ketones (excluding diaryl/α,β-unsaturated/α-hetero) is 1. The van der Waals surface area contributed by atoms with Crippen LogP contribution in [-0.4, -0.2) is 26.7 Å². The van der Waals surface area contributed by atoms with Crippen molar-refractivity contribution in [3.8, 4) is 0 Å². The SMILES string of the molecule is O=C(CNS(=O)(=O)c1ccccc1)O[C@@H](C(=O)c1ccccc1)c1ccc(Cl)cc1. The number of sulfonamides is 1. The first-order chi connectivity index (χ1) is 14.4. The topological polar surface area (TPSA) is 89.5 Å². The number of carbonyl (C=O) groups is 2. The van der Waals surface area contributed by atoms with Gasteiger partial charge >= 0.3 is 5.97 Å². The molecule has 8 heteroatoms. The van der Waals surface area contributed by atoms with E-state index in [-0.39, 0.29) is 4.90 Å². The van der Waals surface area contributed by atoms with Gasteiger partial charge in [-0.15, -0.1) is 0 Å². The molecule has 0 unspecified atom stereocenters. The van der Waals surface area contributed by atoms with Crippen LogP contribution in [0.25, 0.3) is 0 Å². The molecule has 0 amide bonds. The molecule has 0 aliphatic rings. The molecule has 6 nitrogen and oxygen atoms in total. The Morgan fingerprint density at radius 1 is 0.867 bits per heavy atom. The molecule has 0 radical (unpaired) electrons. The second-order valence-electron chi connectivity index (χ2n) is 6.29. The van der Waals surface area contributed by atoms with E-state index in [0.29, 0.717) is 16.1 Å². The minimum Gasteiger partial charge on any atom is -0.448 e. The number of rotatable bonds is 8. The standard InChI is InChI=1S/C22H18ClNO5S/c23-18-13-11-17(12-14-18)22(21(26)16-7-3-1-4-8-16)29-20(25)15-24-30(27,28)19-9-5-2-6-10-19/h1-14,22,24H,15H2/t22-/m1/s1.